The molecule has 0 aromatic carbocycles. The smallest absolute Gasteiger partial charge is 0.303 e. The average molecular weight is 349 g/mol. The van der Waals surface area contributed by atoms with E-state index in [0.29, 0.717) is 23.2 Å². The molecule has 4 saturated carbocycles. The van der Waals surface area contributed by atoms with Crippen molar-refractivity contribution in [2.24, 2.45) is 40.4 Å². The minimum atomic E-state index is -0.582. The second kappa shape index (κ2) is 7.24. The molecule has 0 heterocycles. The van der Waals surface area contributed by atoms with Crippen LogP contribution in [0, 0.1) is 40.4 Å². The van der Waals surface area contributed by atoms with Gasteiger partial charge in [0.05, 0.1) is 0 Å². The van der Waals surface area contributed by atoms with E-state index in [1.165, 1.54) is 57.8 Å². The van der Waals surface area contributed by atoms with Crippen LogP contribution in [-0.4, -0.2) is 11.1 Å². The Morgan fingerprint density at radius 3 is 2.32 bits per heavy atom. The summed E-state index contributed by atoms with van der Waals surface area (Å²) in [6.45, 7) is 9.07. The van der Waals surface area contributed by atoms with E-state index in [4.69, 9.17) is 0 Å². The highest BCUT2D eigenvalue weighted by atomic mass is 16.4. The summed E-state index contributed by atoms with van der Waals surface area (Å²) in [6, 6.07) is 0. The first-order chi connectivity index (χ1) is 11.9. The summed E-state index contributed by atoms with van der Waals surface area (Å²) in [6.07, 6.45) is 14.3. The van der Waals surface area contributed by atoms with E-state index < -0.39 is 5.97 Å². The summed E-state index contributed by atoms with van der Waals surface area (Å²) in [5.74, 6) is 3.48. The Kier molecular flexibility index (Phi) is 5.57. The minimum Gasteiger partial charge on any atom is -0.481 e. The van der Waals surface area contributed by atoms with Crippen LogP contribution in [0.3, 0.4) is 0 Å². The van der Waals surface area contributed by atoms with E-state index >= 15 is 0 Å². The first-order valence-electron chi connectivity index (χ1n) is 11.2. The number of carboxylic acid groups (broad SMARTS) is 1. The molecule has 0 aliphatic heterocycles. The Balaban J connectivity index is 0.000000880. The molecular formula is C23H40O2. The Morgan fingerprint density at radius 2 is 1.60 bits per heavy atom. The van der Waals surface area contributed by atoms with E-state index in [0.717, 1.165) is 30.1 Å². The van der Waals surface area contributed by atoms with Gasteiger partial charge in [0, 0.05) is 6.42 Å². The first kappa shape index (κ1) is 19.2. The van der Waals surface area contributed by atoms with E-state index in [2.05, 4.69) is 13.8 Å². The molecule has 4 rings (SSSR count). The predicted octanol–water partition coefficient (Wildman–Crippen LogP) is 6.54. The number of aliphatic carboxylic acids is 1. The number of hydrogen-bond donors (Lipinski definition) is 1. The molecule has 4 aliphatic carbocycles. The lowest BCUT2D eigenvalue weighted by Gasteiger charge is -2.60. The molecule has 144 valence electrons. The second-order valence-corrected chi connectivity index (χ2v) is 9.82. The lowest BCUT2D eigenvalue weighted by atomic mass is 9.45. The Hall–Kier alpha value is -0.530. The highest BCUT2D eigenvalue weighted by molar-refractivity contribution is 5.67. The molecule has 7 unspecified atom stereocenters. The zero-order valence-electron chi connectivity index (χ0n) is 17.0. The van der Waals surface area contributed by atoms with Crippen molar-refractivity contribution in [1.29, 1.82) is 0 Å². The van der Waals surface area contributed by atoms with Gasteiger partial charge in [-0.25, -0.2) is 0 Å². The molecule has 0 aromatic heterocycles. The third-order valence-electron chi connectivity index (χ3n) is 9.20. The van der Waals surface area contributed by atoms with Gasteiger partial charge < -0.3 is 5.11 Å². The number of carboxylic acids is 1. The van der Waals surface area contributed by atoms with Crippen molar-refractivity contribution in [2.75, 3.05) is 0 Å². The highest BCUT2D eigenvalue weighted by Crippen LogP contribution is 2.67. The Morgan fingerprint density at radius 1 is 0.880 bits per heavy atom. The molecule has 0 aromatic rings. The number of rotatable bonds is 2. The van der Waals surface area contributed by atoms with Crippen molar-refractivity contribution in [3.63, 3.8) is 0 Å². The fourth-order valence-electron chi connectivity index (χ4n) is 7.95. The van der Waals surface area contributed by atoms with E-state index in [9.17, 15) is 9.90 Å². The van der Waals surface area contributed by atoms with Gasteiger partial charge in [-0.1, -0.05) is 40.5 Å². The Bertz CT molecular complexity index is 486. The molecule has 0 bridgehead atoms. The molecule has 25 heavy (non-hydrogen) atoms. The van der Waals surface area contributed by atoms with Crippen LogP contribution in [-0.2, 0) is 4.79 Å². The van der Waals surface area contributed by atoms with Crippen molar-refractivity contribution >= 4 is 5.97 Å². The lowest BCUT2D eigenvalue weighted by Crippen LogP contribution is -2.52. The van der Waals surface area contributed by atoms with Crippen LogP contribution >= 0.6 is 0 Å². The van der Waals surface area contributed by atoms with Gasteiger partial charge in [-0.3, -0.25) is 4.79 Å². The van der Waals surface area contributed by atoms with Gasteiger partial charge in [0.25, 0.3) is 0 Å². The summed E-state index contributed by atoms with van der Waals surface area (Å²) < 4.78 is 0. The summed E-state index contributed by atoms with van der Waals surface area (Å²) in [5, 5.41) is 9.31. The van der Waals surface area contributed by atoms with Gasteiger partial charge in [0.2, 0.25) is 0 Å². The van der Waals surface area contributed by atoms with Gasteiger partial charge >= 0.3 is 5.97 Å². The number of fused-ring (bicyclic) bond motifs is 5. The zero-order valence-corrected chi connectivity index (χ0v) is 17.0. The largest absolute Gasteiger partial charge is 0.481 e. The normalized spacial score (nSPS) is 48.4. The van der Waals surface area contributed by atoms with Crippen molar-refractivity contribution < 1.29 is 9.90 Å². The maximum Gasteiger partial charge on any atom is 0.303 e. The van der Waals surface area contributed by atoms with E-state index in [1.54, 1.807) is 0 Å². The molecular weight excluding hydrogens is 308 g/mol. The molecule has 2 nitrogen and oxygen atoms in total. The van der Waals surface area contributed by atoms with Gasteiger partial charge in [-0.05, 0) is 91.8 Å². The Labute approximate surface area is 155 Å². The molecule has 2 heteroatoms. The summed E-state index contributed by atoms with van der Waals surface area (Å²) >= 11 is 0. The predicted molar refractivity (Wildman–Crippen MR) is 103 cm³/mol. The topological polar surface area (TPSA) is 37.3 Å². The van der Waals surface area contributed by atoms with Crippen LogP contribution in [0.2, 0.25) is 0 Å². The molecule has 0 saturated heterocycles. The molecule has 1 N–H and O–H groups in total. The zero-order chi connectivity index (χ0) is 18.2. The fourth-order valence-corrected chi connectivity index (χ4v) is 7.95. The quantitative estimate of drug-likeness (QED) is 0.615. The number of carbonyl (C=O) groups is 1. The third-order valence-corrected chi connectivity index (χ3v) is 9.20. The van der Waals surface area contributed by atoms with Crippen LogP contribution < -0.4 is 0 Å². The molecule has 0 spiro atoms. The molecule has 0 amide bonds. The lowest BCUT2D eigenvalue weighted by molar-refractivity contribution is -0.141. The van der Waals surface area contributed by atoms with E-state index in [1.807, 2.05) is 13.8 Å². The monoisotopic (exact) mass is 348 g/mol. The third kappa shape index (κ3) is 3.06. The van der Waals surface area contributed by atoms with Crippen LogP contribution in [0.5, 0.6) is 0 Å². The van der Waals surface area contributed by atoms with Crippen molar-refractivity contribution in [1.82, 2.24) is 0 Å². The van der Waals surface area contributed by atoms with Gasteiger partial charge in [-0.15, -0.1) is 0 Å². The van der Waals surface area contributed by atoms with Gasteiger partial charge in [0.1, 0.15) is 0 Å². The first-order valence-corrected chi connectivity index (χ1v) is 11.2. The SMILES string of the molecule is CC.CC12CCCCC1CCC1C2CCC2(C)C(CC(=O)O)CCC12. The highest BCUT2D eigenvalue weighted by Gasteiger charge is 2.59. The van der Waals surface area contributed by atoms with Crippen molar-refractivity contribution in [2.45, 2.75) is 98.3 Å². The van der Waals surface area contributed by atoms with Crippen LogP contribution in [0.25, 0.3) is 0 Å². The maximum absolute atomic E-state index is 11.3. The van der Waals surface area contributed by atoms with Crippen molar-refractivity contribution in [3.8, 4) is 0 Å². The van der Waals surface area contributed by atoms with Crippen LogP contribution in [0.1, 0.15) is 98.3 Å². The second-order valence-electron chi connectivity index (χ2n) is 9.82. The molecule has 0 radical (unpaired) electrons. The molecule has 4 aliphatic rings. The van der Waals surface area contributed by atoms with Crippen LogP contribution in [0.15, 0.2) is 0 Å². The number of hydrogen-bond acceptors (Lipinski definition) is 1. The van der Waals surface area contributed by atoms with Crippen molar-refractivity contribution in [3.05, 3.63) is 0 Å². The van der Waals surface area contributed by atoms with Gasteiger partial charge in [0.15, 0.2) is 0 Å². The summed E-state index contributed by atoms with van der Waals surface area (Å²) in [7, 11) is 0. The van der Waals surface area contributed by atoms with Gasteiger partial charge in [-0.2, -0.15) is 0 Å². The summed E-state index contributed by atoms with van der Waals surface area (Å²) in [4.78, 5) is 11.3. The summed E-state index contributed by atoms with van der Waals surface area (Å²) in [5.41, 5.74) is 0.921. The standard InChI is InChI=1S/C21H34O2.C2H6/c1-20-11-4-3-5-14(20)6-8-16-17-9-7-15(13-19(22)23)21(17,2)12-10-18(16)20;1-2/h14-18H,3-13H2,1-2H3,(H,22,23);1-2H3. The average Bonchev–Trinajstić information content (AvgIpc) is 2.92. The fraction of sp³-hybridized carbons (Fsp3) is 0.957. The maximum atomic E-state index is 11.3. The molecule has 4 fully saturated rings. The molecule has 7 atom stereocenters. The van der Waals surface area contributed by atoms with E-state index in [-0.39, 0.29) is 0 Å². The van der Waals surface area contributed by atoms with Crippen LogP contribution in [0.4, 0.5) is 0 Å². The minimum absolute atomic E-state index is 0.317.